The molecule has 0 spiro atoms. The number of aromatic nitrogens is 2. The van der Waals surface area contributed by atoms with Crippen LogP contribution in [0, 0.1) is 5.82 Å². The largest absolute Gasteiger partial charge is 0.477 e. The van der Waals surface area contributed by atoms with E-state index in [9.17, 15) is 19.1 Å². The Morgan fingerprint density at radius 3 is 2.70 bits per heavy atom. The summed E-state index contributed by atoms with van der Waals surface area (Å²) in [5.74, 6) is -1.93. The Morgan fingerprint density at radius 1 is 1.17 bits per heavy atom. The number of hydrogen-bond donors (Lipinski definition) is 3. The van der Waals surface area contributed by atoms with E-state index in [1.54, 1.807) is 12.1 Å². The Morgan fingerprint density at radius 2 is 1.97 bits per heavy atom. The quantitative estimate of drug-likeness (QED) is 0.599. The number of carboxylic acids is 1. The summed E-state index contributed by atoms with van der Waals surface area (Å²) in [6.07, 6.45) is 6.50. The van der Waals surface area contributed by atoms with Gasteiger partial charge in [0.05, 0.1) is 12.2 Å². The Bertz CT molecular complexity index is 1170. The monoisotopic (exact) mass is 404 g/mol. The van der Waals surface area contributed by atoms with E-state index in [1.807, 2.05) is 36.4 Å². The zero-order valence-corrected chi connectivity index (χ0v) is 15.6. The van der Waals surface area contributed by atoms with E-state index in [0.717, 1.165) is 5.56 Å². The van der Waals surface area contributed by atoms with Crippen LogP contribution in [0.2, 0.25) is 0 Å². The number of rotatable bonds is 5. The molecule has 7 nitrogen and oxygen atoms in total. The molecule has 1 aliphatic heterocycles. The molecule has 1 amide bonds. The molecule has 0 radical (unpaired) electrons. The van der Waals surface area contributed by atoms with Crippen molar-refractivity contribution in [2.75, 3.05) is 10.6 Å². The van der Waals surface area contributed by atoms with Crippen molar-refractivity contribution in [1.29, 1.82) is 0 Å². The molecule has 30 heavy (non-hydrogen) atoms. The molecular formula is C22H17FN4O3. The van der Waals surface area contributed by atoms with Gasteiger partial charge in [-0.2, -0.15) is 5.10 Å². The van der Waals surface area contributed by atoms with E-state index >= 15 is 0 Å². The number of fused-ring (bicyclic) bond motifs is 1. The Labute approximate surface area is 171 Å². The van der Waals surface area contributed by atoms with Gasteiger partial charge in [0.15, 0.2) is 0 Å². The van der Waals surface area contributed by atoms with Gasteiger partial charge in [-0.1, -0.05) is 48.6 Å². The van der Waals surface area contributed by atoms with E-state index in [2.05, 4.69) is 15.7 Å². The van der Waals surface area contributed by atoms with Crippen LogP contribution in [0.4, 0.5) is 15.9 Å². The second-order valence-corrected chi connectivity index (χ2v) is 6.59. The standard InChI is InChI=1S/C22H17FN4O3/c23-15-7-4-8-16(11-15)25-21(28)18-13-24-27-17(10-9-14-5-2-1-3-6-14)12-19(22(29)30)26-20(18)27/h1-13,17,26H,(H,25,28)(H,29,30)/b10-9+/t17-/m0/s1. The minimum absolute atomic E-state index is 0.0643. The molecule has 4 rings (SSSR count). The number of allylic oxidation sites excluding steroid dienone is 2. The number of aliphatic carboxylic acids is 1. The van der Waals surface area contributed by atoms with Gasteiger partial charge < -0.3 is 15.7 Å². The summed E-state index contributed by atoms with van der Waals surface area (Å²) in [6, 6.07) is 14.5. The number of nitrogens with one attached hydrogen (secondary N) is 2. The van der Waals surface area contributed by atoms with Crippen molar-refractivity contribution < 1.29 is 19.1 Å². The number of carbonyl (C=O) groups is 2. The highest BCUT2D eigenvalue weighted by Gasteiger charge is 2.27. The molecule has 0 unspecified atom stereocenters. The number of halogens is 1. The fraction of sp³-hybridized carbons (Fsp3) is 0.0455. The number of amides is 1. The third-order valence-corrected chi connectivity index (χ3v) is 4.51. The van der Waals surface area contributed by atoms with Gasteiger partial charge in [0.1, 0.15) is 22.9 Å². The highest BCUT2D eigenvalue weighted by atomic mass is 19.1. The SMILES string of the molecule is O=C(O)C1=C[C@H](/C=C/c2ccccc2)n2ncc(C(=O)Nc3cccc(F)c3)c2N1. The summed E-state index contributed by atoms with van der Waals surface area (Å²) < 4.78 is 14.9. The van der Waals surface area contributed by atoms with E-state index in [4.69, 9.17) is 0 Å². The molecule has 0 aliphatic carbocycles. The predicted octanol–water partition coefficient (Wildman–Crippen LogP) is 3.92. The van der Waals surface area contributed by atoms with Gasteiger partial charge in [0.25, 0.3) is 5.91 Å². The van der Waals surface area contributed by atoms with Crippen molar-refractivity contribution in [1.82, 2.24) is 9.78 Å². The van der Waals surface area contributed by atoms with E-state index in [0.29, 0.717) is 0 Å². The summed E-state index contributed by atoms with van der Waals surface area (Å²) in [7, 11) is 0. The van der Waals surface area contributed by atoms with Crippen LogP contribution in [0.5, 0.6) is 0 Å². The number of hydrogen-bond acceptors (Lipinski definition) is 4. The molecule has 3 aromatic rings. The maximum Gasteiger partial charge on any atom is 0.352 e. The molecule has 0 saturated carbocycles. The van der Waals surface area contributed by atoms with E-state index < -0.39 is 23.7 Å². The predicted molar refractivity (Wildman–Crippen MR) is 110 cm³/mol. The van der Waals surface area contributed by atoms with Gasteiger partial charge >= 0.3 is 5.97 Å². The van der Waals surface area contributed by atoms with Gasteiger partial charge in [-0.05, 0) is 29.8 Å². The van der Waals surface area contributed by atoms with Gasteiger partial charge in [0, 0.05) is 5.69 Å². The number of carbonyl (C=O) groups excluding carboxylic acids is 1. The van der Waals surface area contributed by atoms with Gasteiger partial charge in [-0.15, -0.1) is 0 Å². The average Bonchev–Trinajstić information content (AvgIpc) is 3.17. The number of nitrogens with zero attached hydrogens (tertiary/aromatic N) is 2. The summed E-state index contributed by atoms with van der Waals surface area (Å²) in [4.78, 5) is 24.3. The molecule has 0 bridgehead atoms. The second kappa shape index (κ2) is 8.04. The van der Waals surface area contributed by atoms with Crippen molar-refractivity contribution >= 4 is 29.5 Å². The first kappa shape index (κ1) is 19.1. The molecule has 0 saturated heterocycles. The van der Waals surface area contributed by atoms with Crippen LogP contribution in [0.15, 0.2) is 78.6 Å². The first-order valence-electron chi connectivity index (χ1n) is 9.11. The zero-order valence-electron chi connectivity index (χ0n) is 15.6. The summed E-state index contributed by atoms with van der Waals surface area (Å²) in [5.41, 5.74) is 1.30. The maximum atomic E-state index is 13.4. The van der Waals surface area contributed by atoms with Crippen LogP contribution in [-0.4, -0.2) is 26.8 Å². The minimum atomic E-state index is -1.16. The molecule has 1 atom stereocenters. The van der Waals surface area contributed by atoms with E-state index in [-0.39, 0.29) is 22.8 Å². The van der Waals surface area contributed by atoms with Gasteiger partial charge in [-0.25, -0.2) is 13.9 Å². The lowest BCUT2D eigenvalue weighted by Gasteiger charge is -2.22. The molecular weight excluding hydrogens is 387 g/mol. The molecule has 1 aromatic heterocycles. The van der Waals surface area contributed by atoms with Gasteiger partial charge in [-0.3, -0.25) is 4.79 Å². The number of benzene rings is 2. The Kier molecular flexibility index (Phi) is 5.13. The Hall–Kier alpha value is -4.20. The number of anilines is 2. The topological polar surface area (TPSA) is 96.2 Å². The van der Waals surface area contributed by atoms with Crippen molar-refractivity contribution in [3.63, 3.8) is 0 Å². The fourth-order valence-electron chi connectivity index (χ4n) is 3.09. The summed E-state index contributed by atoms with van der Waals surface area (Å²) in [6.45, 7) is 0. The molecule has 1 aliphatic rings. The van der Waals surface area contributed by atoms with Crippen molar-refractivity contribution in [3.05, 3.63) is 95.6 Å². The molecule has 2 aromatic carbocycles. The molecule has 2 heterocycles. The molecule has 0 fully saturated rings. The number of carboxylic acid groups (broad SMARTS) is 1. The summed E-state index contributed by atoms with van der Waals surface area (Å²) >= 11 is 0. The molecule has 150 valence electrons. The van der Waals surface area contributed by atoms with Gasteiger partial charge in [0.2, 0.25) is 0 Å². The third-order valence-electron chi connectivity index (χ3n) is 4.51. The molecule has 8 heteroatoms. The highest BCUT2D eigenvalue weighted by Crippen LogP contribution is 2.29. The normalized spacial score (nSPS) is 15.2. The van der Waals surface area contributed by atoms with Crippen LogP contribution in [0.1, 0.15) is 22.0 Å². The molecule has 3 N–H and O–H groups in total. The first-order chi connectivity index (χ1) is 14.5. The Balaban J connectivity index is 1.65. The lowest BCUT2D eigenvalue weighted by molar-refractivity contribution is -0.132. The van der Waals surface area contributed by atoms with E-state index in [1.165, 1.54) is 35.2 Å². The maximum absolute atomic E-state index is 13.4. The zero-order chi connectivity index (χ0) is 21.1. The van der Waals surface area contributed by atoms with Crippen LogP contribution in [0.25, 0.3) is 6.08 Å². The fourth-order valence-corrected chi connectivity index (χ4v) is 3.09. The smallest absolute Gasteiger partial charge is 0.352 e. The van der Waals surface area contributed by atoms with Crippen molar-refractivity contribution in [3.8, 4) is 0 Å². The highest BCUT2D eigenvalue weighted by molar-refractivity contribution is 6.08. The first-order valence-corrected chi connectivity index (χ1v) is 9.11. The average molecular weight is 404 g/mol. The summed E-state index contributed by atoms with van der Waals surface area (Å²) in [5, 5.41) is 19.1. The van der Waals surface area contributed by atoms with Crippen molar-refractivity contribution in [2.24, 2.45) is 0 Å². The van der Waals surface area contributed by atoms with Crippen molar-refractivity contribution in [2.45, 2.75) is 6.04 Å². The minimum Gasteiger partial charge on any atom is -0.477 e. The van der Waals surface area contributed by atoms with Crippen LogP contribution >= 0.6 is 0 Å². The lowest BCUT2D eigenvalue weighted by Crippen LogP contribution is -2.24. The third kappa shape index (κ3) is 3.97. The van der Waals surface area contributed by atoms with Crippen LogP contribution in [0.3, 0.4) is 0 Å². The van der Waals surface area contributed by atoms with Crippen LogP contribution < -0.4 is 10.6 Å². The second-order valence-electron chi connectivity index (χ2n) is 6.59. The lowest BCUT2D eigenvalue weighted by atomic mass is 10.1. The van der Waals surface area contributed by atoms with Crippen LogP contribution in [-0.2, 0) is 4.79 Å².